The molecule has 0 bridgehead atoms. The number of hydrogen-bond donors (Lipinski definition) is 2. The molecule has 1 unspecified atom stereocenters. The van der Waals surface area contributed by atoms with E-state index < -0.39 is 10.0 Å². The summed E-state index contributed by atoms with van der Waals surface area (Å²) in [6.07, 6.45) is 3.90. The summed E-state index contributed by atoms with van der Waals surface area (Å²) in [5.74, 6) is 0.568. The fourth-order valence-corrected chi connectivity index (χ4v) is 5.07. The van der Waals surface area contributed by atoms with Gasteiger partial charge in [-0.15, -0.1) is 11.3 Å². The van der Waals surface area contributed by atoms with Crippen molar-refractivity contribution in [3.8, 4) is 0 Å². The van der Waals surface area contributed by atoms with Gasteiger partial charge in [0.2, 0.25) is 0 Å². The van der Waals surface area contributed by atoms with Crippen LogP contribution in [0.2, 0.25) is 5.02 Å². The predicted molar refractivity (Wildman–Crippen MR) is 110 cm³/mol. The molecule has 140 valence electrons. The molecule has 1 fully saturated rings. The fraction of sp³-hybridized carbons (Fsp3) is 0.211. The van der Waals surface area contributed by atoms with Crippen LogP contribution in [0.5, 0.6) is 0 Å². The van der Waals surface area contributed by atoms with E-state index in [1.165, 1.54) is 35.8 Å². The van der Waals surface area contributed by atoms with E-state index in [1.807, 2.05) is 18.2 Å². The maximum Gasteiger partial charge on any atom is 0.263 e. The summed E-state index contributed by atoms with van der Waals surface area (Å²) in [6.45, 7) is 0. The number of benzene rings is 2. The summed E-state index contributed by atoms with van der Waals surface area (Å²) in [6, 6.07) is 15.1. The molecule has 2 N–H and O–H groups in total. The van der Waals surface area contributed by atoms with Crippen LogP contribution in [0.25, 0.3) is 0 Å². The third-order valence-electron chi connectivity index (χ3n) is 4.47. The summed E-state index contributed by atoms with van der Waals surface area (Å²) < 4.78 is 27.5. The largest absolute Gasteiger partial charge is 0.377 e. The molecular weight excluding hydrogens is 402 g/mol. The van der Waals surface area contributed by atoms with Gasteiger partial charge in [0.15, 0.2) is 5.13 Å². The number of nitrogens with one attached hydrogen (secondary N) is 2. The number of halogens is 1. The Balaban J connectivity index is 1.56. The van der Waals surface area contributed by atoms with Gasteiger partial charge in [-0.25, -0.2) is 13.4 Å². The quantitative estimate of drug-likeness (QED) is 0.554. The number of hydrogen-bond acceptors (Lipinski definition) is 5. The van der Waals surface area contributed by atoms with Crippen molar-refractivity contribution in [2.45, 2.75) is 23.8 Å². The van der Waals surface area contributed by atoms with E-state index in [2.05, 4.69) is 27.2 Å². The Morgan fingerprint density at radius 1 is 1.15 bits per heavy atom. The lowest BCUT2D eigenvalue weighted by Crippen LogP contribution is -2.15. The van der Waals surface area contributed by atoms with E-state index >= 15 is 0 Å². The molecule has 4 rings (SSSR count). The van der Waals surface area contributed by atoms with Crippen molar-refractivity contribution < 1.29 is 8.42 Å². The highest BCUT2D eigenvalue weighted by Crippen LogP contribution is 2.43. The van der Waals surface area contributed by atoms with E-state index in [0.717, 1.165) is 5.69 Å². The molecule has 1 heterocycles. The first-order valence-electron chi connectivity index (χ1n) is 8.56. The van der Waals surface area contributed by atoms with Crippen LogP contribution in [0.4, 0.5) is 10.8 Å². The zero-order valence-corrected chi connectivity index (χ0v) is 16.7. The first-order chi connectivity index (χ1) is 13.0. The molecule has 8 heteroatoms. The lowest BCUT2D eigenvalue weighted by atomic mass is 10.0. The molecule has 0 saturated heterocycles. The molecule has 1 aliphatic carbocycles. The van der Waals surface area contributed by atoms with Gasteiger partial charge in [0.05, 0.1) is 21.6 Å². The molecule has 1 aromatic heterocycles. The standard InChI is InChI=1S/C19H18ClN3O2S2/c20-16-12-15(27(24,25)23-19-21-10-11-26-19)8-9-17(16)22-18(14-6-7-14)13-4-2-1-3-5-13/h1-5,8-12,14,18,22H,6-7H2,(H,21,23). The number of nitrogens with zero attached hydrogens (tertiary/aromatic N) is 1. The average molecular weight is 420 g/mol. The van der Waals surface area contributed by atoms with Gasteiger partial charge in [-0.2, -0.15) is 0 Å². The first kappa shape index (κ1) is 18.3. The van der Waals surface area contributed by atoms with Gasteiger partial charge in [-0.1, -0.05) is 41.9 Å². The second-order valence-corrected chi connectivity index (χ2v) is 9.44. The van der Waals surface area contributed by atoms with E-state index in [4.69, 9.17) is 11.6 Å². The molecule has 3 aromatic rings. The van der Waals surface area contributed by atoms with Crippen LogP contribution >= 0.6 is 22.9 Å². The number of sulfonamides is 1. The molecule has 1 atom stereocenters. The SMILES string of the molecule is O=S(=O)(Nc1nccs1)c1ccc(NC(c2ccccc2)C2CC2)c(Cl)c1. The highest BCUT2D eigenvalue weighted by Gasteiger charge is 2.32. The number of aromatic nitrogens is 1. The van der Waals surface area contributed by atoms with Crippen LogP contribution < -0.4 is 10.0 Å². The zero-order valence-electron chi connectivity index (χ0n) is 14.3. The van der Waals surface area contributed by atoms with Crippen molar-refractivity contribution in [3.63, 3.8) is 0 Å². The van der Waals surface area contributed by atoms with Crippen molar-refractivity contribution >= 4 is 43.8 Å². The molecule has 0 aliphatic heterocycles. The Hall–Kier alpha value is -2.09. The average Bonchev–Trinajstić information content (AvgIpc) is 3.38. The predicted octanol–water partition coefficient (Wildman–Crippen LogP) is 5.16. The Morgan fingerprint density at radius 3 is 2.56 bits per heavy atom. The van der Waals surface area contributed by atoms with Crippen LogP contribution in [-0.2, 0) is 10.0 Å². The minimum absolute atomic E-state index is 0.107. The molecule has 0 spiro atoms. The summed E-state index contributed by atoms with van der Waals surface area (Å²) in [4.78, 5) is 4.06. The van der Waals surface area contributed by atoms with E-state index in [9.17, 15) is 8.42 Å². The van der Waals surface area contributed by atoms with Gasteiger partial charge in [0.25, 0.3) is 10.0 Å². The summed E-state index contributed by atoms with van der Waals surface area (Å²) >= 11 is 7.63. The van der Waals surface area contributed by atoms with Crippen LogP contribution in [-0.4, -0.2) is 13.4 Å². The van der Waals surface area contributed by atoms with Gasteiger partial charge in [-0.05, 0) is 42.5 Å². The zero-order chi connectivity index (χ0) is 18.9. The first-order valence-corrected chi connectivity index (χ1v) is 11.3. The maximum absolute atomic E-state index is 12.5. The Labute approximate surface area is 167 Å². The fourth-order valence-electron chi connectivity index (χ4n) is 2.96. The lowest BCUT2D eigenvalue weighted by Gasteiger charge is -2.21. The Kier molecular flexibility index (Phi) is 5.08. The normalized spacial score (nSPS) is 15.3. The van der Waals surface area contributed by atoms with Crippen molar-refractivity contribution in [3.05, 3.63) is 70.7 Å². The van der Waals surface area contributed by atoms with Crippen LogP contribution in [0.15, 0.2) is 65.0 Å². The molecule has 2 aromatic carbocycles. The summed E-state index contributed by atoms with van der Waals surface area (Å²) in [7, 11) is -3.72. The molecule has 27 heavy (non-hydrogen) atoms. The molecular formula is C19H18ClN3O2S2. The Bertz CT molecular complexity index is 1020. The minimum atomic E-state index is -3.72. The van der Waals surface area contributed by atoms with Gasteiger partial charge in [0.1, 0.15) is 0 Å². The van der Waals surface area contributed by atoms with Gasteiger partial charge >= 0.3 is 0 Å². The third-order valence-corrected chi connectivity index (χ3v) is 6.94. The highest BCUT2D eigenvalue weighted by atomic mass is 35.5. The maximum atomic E-state index is 12.5. The van der Waals surface area contributed by atoms with E-state index in [0.29, 0.717) is 16.1 Å². The third kappa shape index (κ3) is 4.26. The van der Waals surface area contributed by atoms with Gasteiger partial charge in [-0.3, -0.25) is 4.72 Å². The Morgan fingerprint density at radius 2 is 1.93 bits per heavy atom. The second-order valence-electron chi connectivity index (χ2n) is 6.45. The minimum Gasteiger partial charge on any atom is -0.377 e. The topological polar surface area (TPSA) is 71.1 Å². The van der Waals surface area contributed by atoms with Gasteiger partial charge in [0, 0.05) is 11.6 Å². The summed E-state index contributed by atoms with van der Waals surface area (Å²) in [5, 5.41) is 5.90. The van der Waals surface area contributed by atoms with E-state index in [1.54, 1.807) is 23.7 Å². The lowest BCUT2D eigenvalue weighted by molar-refractivity contribution is 0.601. The number of thiazole rings is 1. The second kappa shape index (κ2) is 7.50. The molecule has 0 radical (unpaired) electrons. The molecule has 1 aliphatic rings. The summed E-state index contributed by atoms with van der Waals surface area (Å²) in [5.41, 5.74) is 1.93. The van der Waals surface area contributed by atoms with Crippen LogP contribution in [0, 0.1) is 5.92 Å². The van der Waals surface area contributed by atoms with Crippen molar-refractivity contribution in [1.29, 1.82) is 0 Å². The molecule has 5 nitrogen and oxygen atoms in total. The van der Waals surface area contributed by atoms with Crippen molar-refractivity contribution in [1.82, 2.24) is 4.98 Å². The van der Waals surface area contributed by atoms with Gasteiger partial charge < -0.3 is 5.32 Å². The van der Waals surface area contributed by atoms with E-state index in [-0.39, 0.29) is 10.9 Å². The number of rotatable bonds is 7. The van der Waals surface area contributed by atoms with Crippen molar-refractivity contribution in [2.75, 3.05) is 10.0 Å². The molecule has 0 amide bonds. The highest BCUT2D eigenvalue weighted by molar-refractivity contribution is 7.93. The van der Waals surface area contributed by atoms with Crippen molar-refractivity contribution in [2.24, 2.45) is 5.92 Å². The van der Waals surface area contributed by atoms with Crippen LogP contribution in [0.3, 0.4) is 0 Å². The smallest absolute Gasteiger partial charge is 0.263 e. The molecule has 1 saturated carbocycles. The monoisotopic (exact) mass is 419 g/mol. The number of anilines is 2. The van der Waals surface area contributed by atoms with Crippen LogP contribution in [0.1, 0.15) is 24.4 Å².